The third-order valence-corrected chi connectivity index (χ3v) is 27.1. The molecule has 11 rings (SSSR count). The van der Waals surface area contributed by atoms with E-state index < -0.39 is 477 Å². The molecule has 0 radical (unpaired) electrons. The largest absolute Gasteiger partial charge is 0.394 e. The summed E-state index contributed by atoms with van der Waals surface area (Å²) in [6.07, 6.45) is -117. The maximum absolute atomic E-state index is 13.5. The molecule has 11 saturated heterocycles. The average molecular weight is 2200 g/mol. The first-order valence-electron chi connectivity index (χ1n) is 47.9. The molecular formula is C84H142N6O60. The second kappa shape index (κ2) is 55.4. The highest BCUT2D eigenvalue weighted by molar-refractivity contribution is 5.75. The van der Waals surface area contributed by atoms with Gasteiger partial charge in [-0.15, -0.1) is 0 Å². The van der Waals surface area contributed by atoms with Crippen molar-refractivity contribution >= 4 is 35.4 Å². The first-order chi connectivity index (χ1) is 70.9. The number of ether oxygens (including phenoxy) is 22. The smallest absolute Gasteiger partial charge is 0.217 e. The summed E-state index contributed by atoms with van der Waals surface area (Å²) in [5.41, 5.74) is 0. The van der Waals surface area contributed by atoms with Gasteiger partial charge in [0.25, 0.3) is 0 Å². The van der Waals surface area contributed by atoms with E-state index in [-0.39, 0.29) is 0 Å². The lowest BCUT2D eigenvalue weighted by molar-refractivity contribution is -0.406. The molecule has 0 unspecified atom stereocenters. The van der Waals surface area contributed by atoms with Crippen molar-refractivity contribution in [1.82, 2.24) is 31.9 Å². The lowest BCUT2D eigenvalue weighted by atomic mass is 9.93. The van der Waals surface area contributed by atoms with E-state index in [0.717, 1.165) is 41.5 Å². The molecule has 0 aliphatic carbocycles. The maximum Gasteiger partial charge on any atom is 0.217 e. The van der Waals surface area contributed by atoms with Gasteiger partial charge in [-0.2, -0.15) is 0 Å². The molecule has 0 aromatic carbocycles. The van der Waals surface area contributed by atoms with Crippen LogP contribution in [0, 0.1) is 0 Å². The summed E-state index contributed by atoms with van der Waals surface area (Å²) in [5, 5.41) is 378. The van der Waals surface area contributed by atoms with Gasteiger partial charge in [-0.1, -0.05) is 0 Å². The molecule has 0 spiro atoms. The zero-order valence-corrected chi connectivity index (χ0v) is 81.3. The quantitative estimate of drug-likeness (QED) is 0.0270. The third-order valence-electron chi connectivity index (χ3n) is 27.1. The number of nitrogens with one attached hydrogen (secondary N) is 6. The molecule has 6 amide bonds. The van der Waals surface area contributed by atoms with Crippen molar-refractivity contribution in [2.24, 2.45) is 0 Å². The molecular weight excluding hydrogens is 2050 g/mol. The summed E-state index contributed by atoms with van der Waals surface area (Å²) in [4.78, 5) is 78.4. The van der Waals surface area contributed by atoms with Crippen LogP contribution in [0.2, 0.25) is 0 Å². The van der Waals surface area contributed by atoms with Crippen molar-refractivity contribution < 1.29 is 296 Å². The van der Waals surface area contributed by atoms with E-state index in [4.69, 9.17) is 104 Å². The van der Waals surface area contributed by atoms with Gasteiger partial charge < -0.3 is 300 Å². The zero-order chi connectivity index (χ0) is 111. The second-order valence-corrected chi connectivity index (χ2v) is 37.9. The van der Waals surface area contributed by atoms with Crippen LogP contribution in [0.5, 0.6) is 0 Å². The Balaban J connectivity index is 1.02. The summed E-state index contributed by atoms with van der Waals surface area (Å²) in [6, 6.07) is -12.0. The van der Waals surface area contributed by atoms with Crippen molar-refractivity contribution in [2.75, 3.05) is 79.3 Å². The highest BCUT2D eigenvalue weighted by Gasteiger charge is 2.63. The molecule has 11 aliphatic heterocycles. The van der Waals surface area contributed by atoms with Gasteiger partial charge in [0.15, 0.2) is 69.2 Å². The van der Waals surface area contributed by atoms with Gasteiger partial charge in [0.1, 0.15) is 280 Å². The molecule has 0 bridgehead atoms. The maximum atomic E-state index is 13.5. The number of hydrogen-bond donors (Lipinski definition) is 38. The van der Waals surface area contributed by atoms with Crippen LogP contribution in [0.3, 0.4) is 0 Å². The van der Waals surface area contributed by atoms with Gasteiger partial charge in [0.2, 0.25) is 35.4 Å². The zero-order valence-electron chi connectivity index (χ0n) is 81.3. The average Bonchev–Trinajstić information content (AvgIpc) is 0.755. The Morgan fingerprint density at radius 2 is 0.533 bits per heavy atom. The molecule has 66 nitrogen and oxygen atoms in total. The molecule has 38 N–H and O–H groups in total. The van der Waals surface area contributed by atoms with Crippen LogP contribution in [0.4, 0.5) is 0 Å². The number of rotatable bonds is 43. The molecule has 11 fully saturated rings. The minimum atomic E-state index is -2.86. The van der Waals surface area contributed by atoms with Crippen LogP contribution >= 0.6 is 0 Å². The van der Waals surface area contributed by atoms with Crippen molar-refractivity contribution in [2.45, 2.75) is 410 Å². The fourth-order valence-corrected chi connectivity index (χ4v) is 19.1. The highest BCUT2D eigenvalue weighted by Crippen LogP contribution is 2.43. The summed E-state index contributed by atoms with van der Waals surface area (Å²) in [7, 11) is 0. The van der Waals surface area contributed by atoms with Crippen LogP contribution in [0.15, 0.2) is 0 Å². The SMILES string of the molecule is CC(=O)N[C@H]1[C@H](O[C@@H]([C@H](O)[C@H](CO)NC(C)=O)[C@H](O)CO[C@@H]2O[C@@H](C)[C@@H](O)[C@@H](O)[C@@H]2O)O[C@H](CO)[C@@H](O[C@@H]2O[C@H](CO[C@H]3O[C@H](CO[C@@H]4O[C@H](CO)[C@@H](O)[C@H](O)[C@H]4NC(C)=O)[C@@H](O)[C@H](O)[C@@H]3O[C@@H]3O[C@H](CO)[C@@H](O)[C@H](O)[C@H]3NC(C)=O)[C@@H](O)[C@H](O[C@H]3O[C@H](CO)[C@@H](O[C@@H]4O[C@H](CO)[C@@H](O[C@@H]5O[C@H](CO)[C@H](O)[C@H](O)[C@H]5O)[C@H](O)[C@H]4NC(C)=O)[C@H](O)[C@@H]3O[C@@H]3O[C@H](CO)[C@@H](O[C@@H]4O[C@H](CO)[C@H](O)[C@H](O)[C@H]4O)[C@H](O)[C@H]3NC(C)=O)[C@@H]2O)[C@@H]1O. The van der Waals surface area contributed by atoms with Crippen LogP contribution in [-0.4, -0.2) is 640 Å². The van der Waals surface area contributed by atoms with Gasteiger partial charge in [-0.3, -0.25) is 28.8 Å². The number of hydrogen-bond acceptors (Lipinski definition) is 60. The van der Waals surface area contributed by atoms with E-state index in [9.17, 15) is 192 Å². The van der Waals surface area contributed by atoms with Crippen molar-refractivity contribution in [3.8, 4) is 0 Å². The number of amides is 6. The van der Waals surface area contributed by atoms with E-state index >= 15 is 0 Å². The van der Waals surface area contributed by atoms with Crippen LogP contribution in [0.1, 0.15) is 48.5 Å². The lowest BCUT2D eigenvalue weighted by Gasteiger charge is -2.52. The number of carbonyl (C=O) groups excluding carboxylic acids is 6. The molecule has 0 saturated carbocycles. The first kappa shape index (κ1) is 125. The van der Waals surface area contributed by atoms with Crippen molar-refractivity contribution in [1.29, 1.82) is 0 Å². The van der Waals surface area contributed by atoms with E-state index in [1.165, 1.54) is 6.92 Å². The van der Waals surface area contributed by atoms with Gasteiger partial charge in [0.05, 0.1) is 91.4 Å². The molecule has 11 heterocycles. The summed E-state index contributed by atoms with van der Waals surface area (Å²) in [5.74, 6) is -5.99. The Morgan fingerprint density at radius 3 is 0.940 bits per heavy atom. The second-order valence-electron chi connectivity index (χ2n) is 37.9. The molecule has 11 aliphatic rings. The minimum Gasteiger partial charge on any atom is -0.394 e. The monoisotopic (exact) mass is 2190 g/mol. The molecule has 868 valence electrons. The Bertz CT molecular complexity index is 4190. The normalized spacial score (nSPS) is 46.5. The van der Waals surface area contributed by atoms with E-state index in [1.807, 2.05) is 0 Å². The lowest BCUT2D eigenvalue weighted by Crippen LogP contribution is -2.71. The van der Waals surface area contributed by atoms with Gasteiger partial charge >= 0.3 is 0 Å². The third kappa shape index (κ3) is 28.7. The van der Waals surface area contributed by atoms with Gasteiger partial charge in [0, 0.05) is 41.5 Å². The standard InChI is InChI=1S/C84H142N6O60/c1-20-44(107)57(120)61(124)79(132-20)129-17-28(106)66(45(108)27(8-91)85-21(2)100)143-76-41(88-24(5)103)54(117)69(35(15-98)137-76)147-82-65(128)71(51(114)38(141-82)19-131-83-72(149-75-40(87-23(4)102)53(116)47(110)30(10-93)134-75)60(123)50(113)37(142-83)18-130-74-39(86-22(3)101)52(115)46(109)29(9-92)133-74)148-84-73(150-78-43(90-26(7)105)56(119)68(34(14-97)139-78)146-81-63(126)59(122)49(112)32(12-95)136-81)64(127)70(36(16-99)140-84)144-77-42(89-25(6)104)55(118)67(33(13-96)138-77)145-80-62(125)58(121)48(111)31(11-94)135-80/h20,27-84,91-99,106-128H,8-19H2,1-7H3,(H,85,100)(H,86,101)(H,87,102)(H,88,103)(H,89,104)(H,90,105)/t20-,27-,28+,29+,30+,31+,32+,33+,34+,35+,36+,37+,38+,39+,40+,41+,42+,43+,44+,45+,46+,47+,48-,49-,50+,51+,52+,53+,54+,55+,56+,57+,58-,59-,60-,61-,62+,63+,64-,65-,66+,67+,68+,69+,70+,71-,72-,73-,74+,75-,76-,77-,78-,79+,80-,81-,82-,83-,84+/m0/s1. The first-order valence-corrected chi connectivity index (χ1v) is 47.9. The Labute approximate surface area is 850 Å². The molecule has 66 heteroatoms. The molecule has 0 aromatic heterocycles. The summed E-state index contributed by atoms with van der Waals surface area (Å²) < 4.78 is 133. The Morgan fingerprint density at radius 1 is 0.247 bits per heavy atom. The summed E-state index contributed by atoms with van der Waals surface area (Å²) in [6.45, 7) is -7.78. The number of carbonyl (C=O) groups is 6. The van der Waals surface area contributed by atoms with E-state index in [1.54, 1.807) is 0 Å². The number of aliphatic hydroxyl groups is 32. The van der Waals surface area contributed by atoms with Gasteiger partial charge in [-0.05, 0) is 6.92 Å². The topological polar surface area (TPSA) is 1030 Å². The predicted octanol–water partition coefficient (Wildman–Crippen LogP) is -25.6. The van der Waals surface area contributed by atoms with E-state index in [0.29, 0.717) is 0 Å². The fraction of sp³-hybridized carbons (Fsp3) is 0.929. The number of aliphatic hydroxyl groups excluding tert-OH is 32. The minimum absolute atomic E-state index is 0.842. The molecule has 150 heavy (non-hydrogen) atoms. The highest BCUT2D eigenvalue weighted by atomic mass is 16.8. The van der Waals surface area contributed by atoms with Crippen molar-refractivity contribution in [3.05, 3.63) is 0 Å². The van der Waals surface area contributed by atoms with E-state index in [2.05, 4.69) is 31.9 Å². The van der Waals surface area contributed by atoms with Gasteiger partial charge in [-0.25, -0.2) is 0 Å². The van der Waals surface area contributed by atoms with Crippen molar-refractivity contribution in [3.63, 3.8) is 0 Å². The Hall–Kier alpha value is -5.34. The molecule has 59 atom stereocenters. The van der Waals surface area contributed by atoms with Crippen LogP contribution in [-0.2, 0) is 133 Å². The molecule has 0 aromatic rings. The fourth-order valence-electron chi connectivity index (χ4n) is 19.1. The summed E-state index contributed by atoms with van der Waals surface area (Å²) >= 11 is 0. The Kier molecular flexibility index (Phi) is 46.1. The van der Waals surface area contributed by atoms with Crippen LogP contribution < -0.4 is 31.9 Å². The van der Waals surface area contributed by atoms with Crippen LogP contribution in [0.25, 0.3) is 0 Å². The predicted molar refractivity (Wildman–Crippen MR) is 465 cm³/mol.